The molecule has 1 saturated heterocycles. The van der Waals surface area contributed by atoms with Gasteiger partial charge in [-0.1, -0.05) is 38.5 Å². The Bertz CT molecular complexity index is 237. The summed E-state index contributed by atoms with van der Waals surface area (Å²) in [4.78, 5) is 0. The number of aliphatic hydroxyl groups is 2. The van der Waals surface area contributed by atoms with Crippen LogP contribution in [0.1, 0.15) is 51.4 Å². The molecule has 98 valence electrons. The van der Waals surface area contributed by atoms with E-state index in [0.29, 0.717) is 0 Å². The van der Waals surface area contributed by atoms with E-state index in [-0.39, 0.29) is 24.1 Å². The predicted octanol–water partition coefficient (Wildman–Crippen LogP) is 0.818. The van der Waals surface area contributed by atoms with Gasteiger partial charge in [-0.25, -0.2) is 0 Å². The van der Waals surface area contributed by atoms with E-state index in [9.17, 15) is 10.2 Å². The second-order valence-corrected chi connectivity index (χ2v) is 5.80. The molecule has 2 fully saturated rings. The first-order valence-corrected chi connectivity index (χ1v) is 7.15. The zero-order valence-corrected chi connectivity index (χ0v) is 10.9. The molecule has 3 unspecified atom stereocenters. The van der Waals surface area contributed by atoms with Gasteiger partial charge in [0.1, 0.15) is 14.0 Å². The molecule has 1 spiro atoms. The quantitative estimate of drug-likeness (QED) is 0.667. The molecule has 0 aromatic heterocycles. The molecular formula is C13H25BO3. The Morgan fingerprint density at radius 3 is 2.06 bits per heavy atom. The number of hydrogen-bond donors (Lipinski definition) is 2. The van der Waals surface area contributed by atoms with E-state index in [1.165, 1.54) is 38.5 Å². The van der Waals surface area contributed by atoms with Gasteiger partial charge in [0.25, 0.3) is 0 Å². The van der Waals surface area contributed by atoms with E-state index in [1.54, 1.807) is 0 Å². The first kappa shape index (κ1) is 13.4. The van der Waals surface area contributed by atoms with Gasteiger partial charge >= 0.3 is 0 Å². The van der Waals surface area contributed by atoms with Crippen LogP contribution in [0.4, 0.5) is 0 Å². The maximum Gasteiger partial charge on any atom is 0.140 e. The summed E-state index contributed by atoms with van der Waals surface area (Å²) in [6.07, 6.45) is 8.79. The fourth-order valence-corrected chi connectivity index (χ4v) is 3.67. The molecule has 1 heterocycles. The van der Waals surface area contributed by atoms with Gasteiger partial charge in [0, 0.05) is 11.4 Å². The fraction of sp³-hybridized carbons (Fsp3) is 1.00. The summed E-state index contributed by atoms with van der Waals surface area (Å²) in [7, 11) is 2.07. The third kappa shape index (κ3) is 2.54. The minimum atomic E-state index is -0.486. The topological polar surface area (TPSA) is 49.7 Å². The average molecular weight is 240 g/mol. The van der Waals surface area contributed by atoms with Crippen LogP contribution in [0.2, 0.25) is 0 Å². The SMILES string of the molecule is BC1OC(CO)C(O)C12CCCCCCCC2. The van der Waals surface area contributed by atoms with Crippen LogP contribution < -0.4 is 0 Å². The van der Waals surface area contributed by atoms with E-state index >= 15 is 0 Å². The maximum atomic E-state index is 10.5. The van der Waals surface area contributed by atoms with Crippen molar-refractivity contribution in [2.45, 2.75) is 69.6 Å². The monoisotopic (exact) mass is 240 g/mol. The lowest BCUT2D eigenvalue weighted by Crippen LogP contribution is -2.42. The molecule has 0 aromatic carbocycles. The summed E-state index contributed by atoms with van der Waals surface area (Å²) < 4.78 is 5.75. The Morgan fingerprint density at radius 1 is 1.06 bits per heavy atom. The first-order chi connectivity index (χ1) is 8.20. The molecular weight excluding hydrogens is 215 g/mol. The lowest BCUT2D eigenvalue weighted by molar-refractivity contribution is -0.0109. The van der Waals surface area contributed by atoms with E-state index < -0.39 is 6.10 Å². The summed E-state index contributed by atoms with van der Waals surface area (Å²) in [5, 5.41) is 19.7. The van der Waals surface area contributed by atoms with Crippen LogP contribution in [0.3, 0.4) is 0 Å². The molecule has 0 radical (unpaired) electrons. The molecule has 2 N–H and O–H groups in total. The second kappa shape index (κ2) is 5.72. The zero-order valence-electron chi connectivity index (χ0n) is 10.9. The molecule has 0 aromatic rings. The number of aliphatic hydroxyl groups excluding tert-OH is 2. The molecule has 0 amide bonds. The molecule has 4 heteroatoms. The predicted molar refractivity (Wildman–Crippen MR) is 69.7 cm³/mol. The zero-order chi connectivity index (χ0) is 12.3. The molecule has 17 heavy (non-hydrogen) atoms. The fourth-order valence-electron chi connectivity index (χ4n) is 3.67. The minimum Gasteiger partial charge on any atom is -0.394 e. The van der Waals surface area contributed by atoms with Crippen molar-refractivity contribution in [3.8, 4) is 0 Å². The van der Waals surface area contributed by atoms with Gasteiger partial charge in [-0.05, 0) is 12.8 Å². The molecule has 2 aliphatic rings. The number of rotatable bonds is 1. The summed E-state index contributed by atoms with van der Waals surface area (Å²) in [6, 6.07) is 0.0766. The standard InChI is InChI=1S/C13H25BO3/c14-12-13(11(16)10(9-15)17-12)7-5-3-1-2-4-6-8-13/h10-12,15-16H,1-9,14H2. The van der Waals surface area contributed by atoms with Gasteiger partial charge < -0.3 is 14.9 Å². The maximum absolute atomic E-state index is 10.5. The van der Waals surface area contributed by atoms with Crippen molar-refractivity contribution in [1.29, 1.82) is 0 Å². The van der Waals surface area contributed by atoms with Crippen LogP contribution in [0.15, 0.2) is 0 Å². The summed E-state index contributed by atoms with van der Waals surface area (Å²) in [5.41, 5.74) is -0.0995. The highest BCUT2D eigenvalue weighted by molar-refractivity contribution is 6.11. The largest absolute Gasteiger partial charge is 0.394 e. The van der Waals surface area contributed by atoms with Gasteiger partial charge in [-0.3, -0.25) is 0 Å². The lowest BCUT2D eigenvalue weighted by atomic mass is 9.64. The molecule has 1 aliphatic heterocycles. The molecule has 3 atom stereocenters. The summed E-state index contributed by atoms with van der Waals surface area (Å²) >= 11 is 0. The third-order valence-corrected chi connectivity index (χ3v) is 4.84. The Kier molecular flexibility index (Phi) is 4.50. The van der Waals surface area contributed by atoms with Crippen LogP contribution in [0.25, 0.3) is 0 Å². The molecule has 0 bridgehead atoms. The van der Waals surface area contributed by atoms with Crippen molar-refractivity contribution in [3.05, 3.63) is 0 Å². The molecule has 1 aliphatic carbocycles. The Labute approximate surface area is 105 Å². The highest BCUT2D eigenvalue weighted by Gasteiger charge is 2.52. The van der Waals surface area contributed by atoms with Gasteiger partial charge in [-0.15, -0.1) is 0 Å². The van der Waals surface area contributed by atoms with Crippen molar-refractivity contribution >= 4 is 7.85 Å². The van der Waals surface area contributed by atoms with Gasteiger partial charge in [0.05, 0.1) is 12.7 Å². The Hall–Kier alpha value is -0.0551. The van der Waals surface area contributed by atoms with Crippen LogP contribution in [-0.4, -0.2) is 42.9 Å². The van der Waals surface area contributed by atoms with Crippen molar-refractivity contribution < 1.29 is 14.9 Å². The second-order valence-electron chi connectivity index (χ2n) is 5.80. The van der Waals surface area contributed by atoms with Gasteiger partial charge in [0.15, 0.2) is 0 Å². The molecule has 2 rings (SSSR count). The minimum absolute atomic E-state index is 0.0622. The third-order valence-electron chi connectivity index (χ3n) is 4.84. The van der Waals surface area contributed by atoms with Crippen molar-refractivity contribution in [2.24, 2.45) is 5.41 Å². The highest BCUT2D eigenvalue weighted by Crippen LogP contribution is 2.46. The van der Waals surface area contributed by atoms with Gasteiger partial charge in [-0.2, -0.15) is 0 Å². The lowest BCUT2D eigenvalue weighted by Gasteiger charge is -2.35. The van der Waals surface area contributed by atoms with Gasteiger partial charge in [0.2, 0.25) is 0 Å². The summed E-state index contributed by atoms with van der Waals surface area (Å²) in [5.74, 6) is 0. The summed E-state index contributed by atoms with van der Waals surface area (Å²) in [6.45, 7) is -0.0622. The first-order valence-electron chi connectivity index (χ1n) is 7.15. The molecule has 3 nitrogen and oxygen atoms in total. The number of hydrogen-bond acceptors (Lipinski definition) is 3. The average Bonchev–Trinajstić information content (AvgIpc) is 2.64. The van der Waals surface area contributed by atoms with E-state index in [1.807, 2.05) is 0 Å². The van der Waals surface area contributed by atoms with Crippen molar-refractivity contribution in [3.63, 3.8) is 0 Å². The Morgan fingerprint density at radius 2 is 1.59 bits per heavy atom. The number of ether oxygens (including phenoxy) is 1. The smallest absolute Gasteiger partial charge is 0.140 e. The van der Waals surface area contributed by atoms with Crippen LogP contribution >= 0.6 is 0 Å². The van der Waals surface area contributed by atoms with E-state index in [0.717, 1.165) is 12.8 Å². The van der Waals surface area contributed by atoms with Crippen LogP contribution in [0, 0.1) is 5.41 Å². The normalized spacial score (nSPS) is 38.6. The van der Waals surface area contributed by atoms with Crippen LogP contribution in [-0.2, 0) is 4.74 Å². The van der Waals surface area contributed by atoms with Crippen LogP contribution in [0.5, 0.6) is 0 Å². The van der Waals surface area contributed by atoms with E-state index in [4.69, 9.17) is 4.74 Å². The highest BCUT2D eigenvalue weighted by atomic mass is 16.5. The molecule has 1 saturated carbocycles. The van der Waals surface area contributed by atoms with E-state index in [2.05, 4.69) is 7.85 Å². The Balaban J connectivity index is 2.12. The van der Waals surface area contributed by atoms with Crippen molar-refractivity contribution in [2.75, 3.05) is 6.61 Å². The van der Waals surface area contributed by atoms with Crippen molar-refractivity contribution in [1.82, 2.24) is 0 Å².